The van der Waals surface area contributed by atoms with Crippen LogP contribution in [0.15, 0.2) is 90.4 Å². The molecule has 29 heavy (non-hydrogen) atoms. The first kappa shape index (κ1) is 17.1. The highest BCUT2D eigenvalue weighted by molar-refractivity contribution is 6.11. The van der Waals surface area contributed by atoms with Crippen LogP contribution >= 0.6 is 0 Å². The lowest BCUT2D eigenvalue weighted by molar-refractivity contribution is 0.103. The van der Waals surface area contributed by atoms with Crippen molar-refractivity contribution in [2.75, 3.05) is 0 Å². The number of carbonyl (C=O) groups excluding carboxylic acids is 1. The summed E-state index contributed by atoms with van der Waals surface area (Å²) in [6.07, 6.45) is 5.42. The molecular weight excluding hydrogens is 360 g/mol. The number of ketones is 1. The third kappa shape index (κ3) is 2.84. The topological polar surface area (TPSA) is 51.7 Å². The zero-order valence-corrected chi connectivity index (χ0v) is 15.9. The van der Waals surface area contributed by atoms with Crippen LogP contribution in [0.1, 0.15) is 27.2 Å². The normalized spacial score (nSPS) is 11.6. The van der Waals surface area contributed by atoms with Crippen molar-refractivity contribution in [3.8, 4) is 0 Å². The maximum atomic E-state index is 13.2. The quantitative estimate of drug-likeness (QED) is 0.336. The minimum Gasteiger partial charge on any atom is -0.313 e. The van der Waals surface area contributed by atoms with Gasteiger partial charge in [-0.25, -0.2) is 9.66 Å². The maximum absolute atomic E-state index is 13.2. The van der Waals surface area contributed by atoms with Crippen molar-refractivity contribution < 1.29 is 4.79 Å². The first-order chi connectivity index (χ1) is 14.2. The Bertz CT molecular complexity index is 1380. The van der Waals surface area contributed by atoms with E-state index in [4.69, 9.17) is 0 Å². The number of aromatic nitrogens is 3. The predicted octanol–water partition coefficient (Wildman–Crippen LogP) is 4.71. The lowest BCUT2D eigenvalue weighted by Gasteiger charge is -2.03. The molecular formula is C24H18N4O. The highest BCUT2D eigenvalue weighted by Gasteiger charge is 2.20. The van der Waals surface area contributed by atoms with Crippen molar-refractivity contribution in [1.29, 1.82) is 0 Å². The number of hydrogen-bond donors (Lipinski definition) is 0. The van der Waals surface area contributed by atoms with Gasteiger partial charge in [-0.3, -0.25) is 4.79 Å². The summed E-state index contributed by atoms with van der Waals surface area (Å²) in [5.74, 6) is -0.00275. The van der Waals surface area contributed by atoms with E-state index in [0.717, 1.165) is 27.7 Å². The Morgan fingerprint density at radius 1 is 0.931 bits per heavy atom. The summed E-state index contributed by atoms with van der Waals surface area (Å²) < 4.78 is 3.69. The van der Waals surface area contributed by atoms with Crippen LogP contribution in [0.4, 0.5) is 0 Å². The van der Waals surface area contributed by atoms with Gasteiger partial charge in [-0.15, -0.1) is 0 Å². The third-order valence-electron chi connectivity index (χ3n) is 5.13. The molecule has 0 fully saturated rings. The van der Waals surface area contributed by atoms with Crippen molar-refractivity contribution in [3.63, 3.8) is 0 Å². The molecule has 0 bridgehead atoms. The van der Waals surface area contributed by atoms with E-state index in [0.29, 0.717) is 11.3 Å². The van der Waals surface area contributed by atoms with Gasteiger partial charge in [0.05, 0.1) is 28.5 Å². The molecule has 0 aliphatic heterocycles. The van der Waals surface area contributed by atoms with Crippen LogP contribution in [0.5, 0.6) is 0 Å². The average molecular weight is 378 g/mol. The van der Waals surface area contributed by atoms with E-state index in [1.165, 1.54) is 0 Å². The Morgan fingerprint density at radius 3 is 2.52 bits per heavy atom. The van der Waals surface area contributed by atoms with E-state index in [1.54, 1.807) is 17.2 Å². The Balaban J connectivity index is 1.65. The summed E-state index contributed by atoms with van der Waals surface area (Å²) in [7, 11) is 0. The molecule has 0 saturated carbocycles. The van der Waals surface area contributed by atoms with Gasteiger partial charge in [-0.2, -0.15) is 5.10 Å². The van der Waals surface area contributed by atoms with Gasteiger partial charge in [0.15, 0.2) is 0 Å². The Labute approximate surface area is 167 Å². The summed E-state index contributed by atoms with van der Waals surface area (Å²) >= 11 is 0. The highest BCUT2D eigenvalue weighted by Crippen LogP contribution is 2.24. The number of rotatable bonds is 4. The molecule has 0 aliphatic rings. The number of hydrogen-bond acceptors (Lipinski definition) is 3. The van der Waals surface area contributed by atoms with Crippen LogP contribution in [0.3, 0.4) is 0 Å². The molecule has 0 radical (unpaired) electrons. The van der Waals surface area contributed by atoms with E-state index >= 15 is 0 Å². The lowest BCUT2D eigenvalue weighted by Crippen LogP contribution is -2.06. The first-order valence-electron chi connectivity index (χ1n) is 9.40. The van der Waals surface area contributed by atoms with Gasteiger partial charge >= 0.3 is 0 Å². The number of pyridine rings is 1. The molecule has 3 aromatic heterocycles. The fraction of sp³-hybridized carbons (Fsp3) is 0.0417. The molecule has 3 heterocycles. The van der Waals surface area contributed by atoms with E-state index in [-0.39, 0.29) is 5.78 Å². The van der Waals surface area contributed by atoms with Crippen molar-refractivity contribution in [2.24, 2.45) is 5.10 Å². The number of fused-ring (bicyclic) bond motifs is 2. The molecule has 140 valence electrons. The third-order valence-corrected chi connectivity index (χ3v) is 5.13. The summed E-state index contributed by atoms with van der Waals surface area (Å²) in [5.41, 5.74) is 5.92. The monoisotopic (exact) mass is 378 g/mol. The van der Waals surface area contributed by atoms with Gasteiger partial charge in [0, 0.05) is 17.3 Å². The predicted molar refractivity (Wildman–Crippen MR) is 115 cm³/mol. The Morgan fingerprint density at radius 2 is 1.66 bits per heavy atom. The smallest absolute Gasteiger partial charge is 0.210 e. The first-order valence-corrected chi connectivity index (χ1v) is 9.40. The molecule has 0 saturated heterocycles. The van der Waals surface area contributed by atoms with Crippen LogP contribution < -0.4 is 0 Å². The molecule has 5 aromatic rings. The van der Waals surface area contributed by atoms with Gasteiger partial charge in [-0.05, 0) is 36.8 Å². The summed E-state index contributed by atoms with van der Waals surface area (Å²) in [6.45, 7) is 1.97. The van der Waals surface area contributed by atoms with Crippen molar-refractivity contribution in [1.82, 2.24) is 14.1 Å². The molecule has 0 spiro atoms. The van der Waals surface area contributed by atoms with Crippen LogP contribution in [0.2, 0.25) is 0 Å². The molecule has 2 aromatic carbocycles. The number of benzene rings is 2. The van der Waals surface area contributed by atoms with Crippen molar-refractivity contribution in [3.05, 3.63) is 108 Å². The van der Waals surface area contributed by atoms with E-state index in [2.05, 4.69) is 10.1 Å². The van der Waals surface area contributed by atoms with Gasteiger partial charge < -0.3 is 4.40 Å². The largest absolute Gasteiger partial charge is 0.313 e. The number of imidazole rings is 1. The second kappa shape index (κ2) is 6.87. The van der Waals surface area contributed by atoms with Crippen molar-refractivity contribution >= 4 is 28.5 Å². The number of para-hydroxylation sites is 2. The molecule has 0 amide bonds. The average Bonchev–Trinajstić information content (AvgIpc) is 3.30. The van der Waals surface area contributed by atoms with Crippen LogP contribution in [-0.2, 0) is 0 Å². The van der Waals surface area contributed by atoms with Gasteiger partial charge in [0.1, 0.15) is 6.33 Å². The molecule has 0 atom stereocenters. The Kier molecular flexibility index (Phi) is 4.06. The highest BCUT2D eigenvalue weighted by atomic mass is 16.1. The zero-order chi connectivity index (χ0) is 19.8. The molecule has 0 N–H and O–H groups in total. The molecule has 5 nitrogen and oxygen atoms in total. The summed E-state index contributed by atoms with van der Waals surface area (Å²) in [6, 6.07) is 23.1. The van der Waals surface area contributed by atoms with Gasteiger partial charge in [0.2, 0.25) is 5.78 Å². The number of nitrogens with zero attached hydrogens (tertiary/aromatic N) is 4. The summed E-state index contributed by atoms with van der Waals surface area (Å²) in [5, 5.41) is 4.63. The molecule has 5 heteroatoms. The van der Waals surface area contributed by atoms with E-state index in [1.807, 2.05) is 90.3 Å². The Hall–Kier alpha value is -3.99. The molecule has 0 aliphatic carbocycles. The fourth-order valence-electron chi connectivity index (χ4n) is 3.68. The number of carbonyl (C=O) groups is 1. The second-order valence-corrected chi connectivity index (χ2v) is 6.86. The minimum atomic E-state index is -0.00275. The minimum absolute atomic E-state index is 0.00275. The van der Waals surface area contributed by atoms with E-state index < -0.39 is 0 Å². The summed E-state index contributed by atoms with van der Waals surface area (Å²) in [4.78, 5) is 17.6. The van der Waals surface area contributed by atoms with Crippen LogP contribution in [0, 0.1) is 6.92 Å². The fourth-order valence-corrected chi connectivity index (χ4v) is 3.68. The maximum Gasteiger partial charge on any atom is 0.210 e. The molecule has 5 rings (SSSR count). The lowest BCUT2D eigenvalue weighted by atomic mass is 10.0. The van der Waals surface area contributed by atoms with E-state index in [9.17, 15) is 4.79 Å². The van der Waals surface area contributed by atoms with Crippen molar-refractivity contribution in [2.45, 2.75) is 6.92 Å². The second-order valence-electron chi connectivity index (χ2n) is 6.86. The van der Waals surface area contributed by atoms with Gasteiger partial charge in [0.25, 0.3) is 0 Å². The van der Waals surface area contributed by atoms with Gasteiger partial charge in [-0.1, -0.05) is 48.5 Å². The SMILES string of the molecule is Cc1c(/C=N\n2cnc3ccccc32)c2ccccn2c1C(=O)c1ccccc1. The standard InChI is InChI=1S/C24H18N4O/c1-17-19(15-26-28-16-25-20-11-5-6-13-22(20)28)21-12-7-8-14-27(21)23(17)24(29)18-9-3-2-4-10-18/h2-16H,1H3/b26-15-. The van der Waals surface area contributed by atoms with Crippen LogP contribution in [0.25, 0.3) is 16.6 Å². The molecule has 0 unspecified atom stereocenters. The zero-order valence-electron chi connectivity index (χ0n) is 15.9. The van der Waals surface area contributed by atoms with Crippen LogP contribution in [-0.4, -0.2) is 26.1 Å².